The molecular weight excluding hydrogens is 610 g/mol. The van der Waals surface area contributed by atoms with E-state index >= 15 is 0 Å². The first-order chi connectivity index (χ1) is 23.7. The molecule has 2 unspecified atom stereocenters. The number of ketones is 1. The molecule has 1 saturated carbocycles. The van der Waals surface area contributed by atoms with Crippen molar-refractivity contribution in [3.63, 3.8) is 0 Å². The Morgan fingerprint density at radius 1 is 0.918 bits per heavy atom. The SMILES string of the molecule is CC1=NN(c2ccccc2)C(=O)C1C(CNC[C@H]1CC[C@@H](Nc2nc(N(C)C)c3ccccc3n2)CC1)CC(=O)c1ccc(C(C)C)cc1. The predicted molar refractivity (Wildman–Crippen MR) is 200 cm³/mol. The molecule has 2 N–H and O–H groups in total. The first kappa shape index (κ1) is 34.2. The Morgan fingerprint density at radius 2 is 1.61 bits per heavy atom. The van der Waals surface area contributed by atoms with Crippen LogP contribution in [0.4, 0.5) is 17.5 Å². The van der Waals surface area contributed by atoms with Crippen LogP contribution in [0.1, 0.15) is 74.7 Å². The van der Waals surface area contributed by atoms with Crippen LogP contribution in [0.5, 0.6) is 0 Å². The number of carbonyl (C=O) groups is 2. The van der Waals surface area contributed by atoms with Gasteiger partial charge in [0.15, 0.2) is 5.78 Å². The van der Waals surface area contributed by atoms with E-state index in [1.807, 2.05) is 98.7 Å². The zero-order chi connectivity index (χ0) is 34.5. The smallest absolute Gasteiger partial charge is 0.256 e. The van der Waals surface area contributed by atoms with Crippen LogP contribution < -0.4 is 20.5 Å². The Labute approximate surface area is 290 Å². The molecule has 0 radical (unpaired) electrons. The maximum Gasteiger partial charge on any atom is 0.256 e. The average Bonchev–Trinajstić information content (AvgIpc) is 3.41. The van der Waals surface area contributed by atoms with E-state index in [4.69, 9.17) is 9.97 Å². The third kappa shape index (κ3) is 7.99. The van der Waals surface area contributed by atoms with Gasteiger partial charge in [0, 0.05) is 43.2 Å². The normalized spacial score (nSPS) is 20.0. The van der Waals surface area contributed by atoms with Crippen molar-refractivity contribution in [1.29, 1.82) is 0 Å². The number of hydrazone groups is 1. The van der Waals surface area contributed by atoms with Gasteiger partial charge in [-0.05, 0) is 93.3 Å². The molecule has 0 spiro atoms. The van der Waals surface area contributed by atoms with Gasteiger partial charge in [0.25, 0.3) is 5.91 Å². The molecule has 6 rings (SSSR count). The maximum atomic E-state index is 13.8. The van der Waals surface area contributed by atoms with Crippen molar-refractivity contribution in [1.82, 2.24) is 15.3 Å². The molecule has 1 amide bonds. The molecule has 1 aliphatic carbocycles. The zero-order valence-corrected chi connectivity index (χ0v) is 29.4. The van der Waals surface area contributed by atoms with Crippen LogP contribution >= 0.6 is 0 Å². The summed E-state index contributed by atoms with van der Waals surface area (Å²) in [5.41, 5.74) is 4.33. The minimum absolute atomic E-state index is 0.0563. The number of benzene rings is 3. The number of amides is 1. The molecule has 1 aliphatic heterocycles. The van der Waals surface area contributed by atoms with E-state index in [0.717, 1.165) is 60.3 Å². The Bertz CT molecular complexity index is 1780. The molecule has 49 heavy (non-hydrogen) atoms. The van der Waals surface area contributed by atoms with Crippen molar-refractivity contribution >= 4 is 45.8 Å². The molecule has 0 saturated heterocycles. The fraction of sp³-hybridized carbons (Fsp3) is 0.425. The minimum atomic E-state index is -0.458. The average molecular weight is 660 g/mol. The van der Waals surface area contributed by atoms with Gasteiger partial charge in [-0.25, -0.2) is 9.99 Å². The molecule has 9 heteroatoms. The number of hydrogen-bond donors (Lipinski definition) is 2. The second-order valence-corrected chi connectivity index (χ2v) is 14.2. The van der Waals surface area contributed by atoms with Gasteiger partial charge < -0.3 is 15.5 Å². The van der Waals surface area contributed by atoms with Crippen LogP contribution in [0, 0.1) is 17.8 Å². The summed E-state index contributed by atoms with van der Waals surface area (Å²) in [5, 5.41) is 14.5. The number of carbonyl (C=O) groups excluding carboxylic acids is 2. The highest BCUT2D eigenvalue weighted by Crippen LogP contribution is 2.32. The van der Waals surface area contributed by atoms with E-state index in [0.29, 0.717) is 35.9 Å². The van der Waals surface area contributed by atoms with Gasteiger partial charge in [0.2, 0.25) is 5.95 Å². The highest BCUT2D eigenvalue weighted by Gasteiger charge is 2.40. The third-order valence-corrected chi connectivity index (χ3v) is 10.0. The number of hydrogen-bond acceptors (Lipinski definition) is 8. The van der Waals surface area contributed by atoms with Crippen molar-refractivity contribution < 1.29 is 9.59 Å². The van der Waals surface area contributed by atoms with E-state index in [1.165, 1.54) is 10.6 Å². The molecule has 2 atom stereocenters. The molecule has 2 heterocycles. The monoisotopic (exact) mass is 659 g/mol. The molecule has 3 aromatic carbocycles. The fourth-order valence-electron chi connectivity index (χ4n) is 7.23. The van der Waals surface area contributed by atoms with E-state index in [1.54, 1.807) is 0 Å². The molecular formula is C40H49N7O2. The molecule has 256 valence electrons. The number of nitrogens with one attached hydrogen (secondary N) is 2. The fourth-order valence-corrected chi connectivity index (χ4v) is 7.23. The topological polar surface area (TPSA) is 103 Å². The summed E-state index contributed by atoms with van der Waals surface area (Å²) in [4.78, 5) is 39.1. The van der Waals surface area contributed by atoms with Crippen LogP contribution in [0.25, 0.3) is 10.9 Å². The largest absolute Gasteiger partial charge is 0.362 e. The van der Waals surface area contributed by atoms with Gasteiger partial charge in [0.1, 0.15) is 5.82 Å². The van der Waals surface area contributed by atoms with Gasteiger partial charge >= 0.3 is 0 Å². The molecule has 4 aromatic rings. The van der Waals surface area contributed by atoms with E-state index in [2.05, 4.69) is 35.6 Å². The zero-order valence-electron chi connectivity index (χ0n) is 29.4. The molecule has 1 fully saturated rings. The lowest BCUT2D eigenvalue weighted by atomic mass is 9.82. The first-order valence-corrected chi connectivity index (χ1v) is 17.7. The second kappa shape index (κ2) is 15.3. The van der Waals surface area contributed by atoms with Gasteiger partial charge in [-0.1, -0.05) is 68.4 Å². The number of fused-ring (bicyclic) bond motifs is 1. The van der Waals surface area contributed by atoms with E-state index in [9.17, 15) is 9.59 Å². The van der Waals surface area contributed by atoms with Crippen molar-refractivity contribution in [3.8, 4) is 0 Å². The number of aromatic nitrogens is 2. The maximum absolute atomic E-state index is 13.8. The number of anilines is 3. The summed E-state index contributed by atoms with van der Waals surface area (Å²) < 4.78 is 0. The summed E-state index contributed by atoms with van der Waals surface area (Å²) in [6.07, 6.45) is 4.50. The number of rotatable bonds is 13. The second-order valence-electron chi connectivity index (χ2n) is 14.2. The van der Waals surface area contributed by atoms with Crippen LogP contribution in [0.3, 0.4) is 0 Å². The van der Waals surface area contributed by atoms with Gasteiger partial charge in [-0.15, -0.1) is 0 Å². The Morgan fingerprint density at radius 3 is 2.31 bits per heavy atom. The summed E-state index contributed by atoms with van der Waals surface area (Å²) in [6, 6.07) is 25.9. The van der Waals surface area contributed by atoms with Crippen LogP contribution in [-0.2, 0) is 4.79 Å². The van der Waals surface area contributed by atoms with E-state index in [-0.39, 0.29) is 24.0 Å². The standard InChI is InChI=1S/C40H49N7O2/c1-26(2)29-17-19-30(20-18-29)36(48)23-31(37-27(3)45-47(39(37)49)33-11-7-6-8-12-33)25-41-24-28-15-21-32(22-16-28)42-40-43-35-14-10-9-13-34(35)38(44-40)46(4)5/h6-14,17-20,26,28,31-32,37,41H,15-16,21-25H2,1-5H3,(H,42,43,44)/t28-,31?,32+,37?. The highest BCUT2D eigenvalue weighted by molar-refractivity contribution is 6.15. The molecule has 9 nitrogen and oxygen atoms in total. The van der Waals surface area contributed by atoms with Crippen LogP contribution in [0.2, 0.25) is 0 Å². The summed E-state index contributed by atoms with van der Waals surface area (Å²) in [5.74, 6) is 1.82. The number of nitrogens with zero attached hydrogens (tertiary/aromatic N) is 5. The minimum Gasteiger partial charge on any atom is -0.362 e. The number of para-hydroxylation sites is 2. The molecule has 1 aromatic heterocycles. The Hall–Kier alpha value is -4.63. The van der Waals surface area contributed by atoms with Crippen molar-refractivity contribution in [2.75, 3.05) is 42.4 Å². The summed E-state index contributed by atoms with van der Waals surface area (Å²) >= 11 is 0. The van der Waals surface area contributed by atoms with Crippen LogP contribution in [-0.4, -0.2) is 60.6 Å². The van der Waals surface area contributed by atoms with Gasteiger partial charge in [-0.3, -0.25) is 9.59 Å². The van der Waals surface area contributed by atoms with E-state index < -0.39 is 5.92 Å². The quantitative estimate of drug-likeness (QED) is 0.145. The van der Waals surface area contributed by atoms with Crippen molar-refractivity contribution in [3.05, 3.63) is 90.0 Å². The molecule has 0 bridgehead atoms. The lowest BCUT2D eigenvalue weighted by Crippen LogP contribution is -2.40. The molecule has 2 aliphatic rings. The third-order valence-electron chi connectivity index (χ3n) is 10.0. The van der Waals surface area contributed by atoms with Gasteiger partial charge in [-0.2, -0.15) is 10.1 Å². The highest BCUT2D eigenvalue weighted by atomic mass is 16.2. The lowest BCUT2D eigenvalue weighted by Gasteiger charge is -2.30. The lowest BCUT2D eigenvalue weighted by molar-refractivity contribution is -0.120. The first-order valence-electron chi connectivity index (χ1n) is 17.7. The Kier molecular flexibility index (Phi) is 10.7. The van der Waals surface area contributed by atoms with Crippen LogP contribution in [0.15, 0.2) is 84.0 Å². The van der Waals surface area contributed by atoms with Crippen molar-refractivity contribution in [2.45, 2.75) is 64.8 Å². The predicted octanol–water partition coefficient (Wildman–Crippen LogP) is 7.31. The summed E-state index contributed by atoms with van der Waals surface area (Å²) in [7, 11) is 4.02. The Balaban J connectivity index is 1.08. The summed E-state index contributed by atoms with van der Waals surface area (Å²) in [6.45, 7) is 7.62. The number of Topliss-reactive ketones (excluding diaryl/α,β-unsaturated/α-hetero) is 1. The van der Waals surface area contributed by atoms with Crippen molar-refractivity contribution in [2.24, 2.45) is 22.9 Å². The van der Waals surface area contributed by atoms with Gasteiger partial charge in [0.05, 0.1) is 17.1 Å².